The summed E-state index contributed by atoms with van der Waals surface area (Å²) in [7, 11) is 2.02. The molecule has 0 aromatic carbocycles. The summed E-state index contributed by atoms with van der Waals surface area (Å²) >= 11 is 3.45. The molecule has 2 nitrogen and oxygen atoms in total. The molecule has 1 aliphatic carbocycles. The summed E-state index contributed by atoms with van der Waals surface area (Å²) in [5, 5.41) is 3.36. The van der Waals surface area contributed by atoms with Crippen LogP contribution in [-0.4, -0.2) is 12.0 Å². The van der Waals surface area contributed by atoms with E-state index in [0.29, 0.717) is 6.04 Å². The van der Waals surface area contributed by atoms with Crippen molar-refractivity contribution in [3.8, 4) is 0 Å². The fourth-order valence-electron chi connectivity index (χ4n) is 1.73. The first-order chi connectivity index (χ1) is 6.79. The van der Waals surface area contributed by atoms with Gasteiger partial charge in [-0.2, -0.15) is 0 Å². The number of nitrogens with one attached hydrogen (secondary N) is 1. The summed E-state index contributed by atoms with van der Waals surface area (Å²) in [5.74, 6) is 0.937. The largest absolute Gasteiger partial charge is 0.313 e. The molecule has 1 fully saturated rings. The van der Waals surface area contributed by atoms with Crippen LogP contribution < -0.4 is 5.32 Å². The highest BCUT2D eigenvalue weighted by atomic mass is 79.9. The highest BCUT2D eigenvalue weighted by Crippen LogP contribution is 2.37. The van der Waals surface area contributed by atoms with E-state index in [9.17, 15) is 0 Å². The smallest absolute Gasteiger partial charge is 0.0410 e. The Morgan fingerprint density at radius 1 is 1.57 bits per heavy atom. The van der Waals surface area contributed by atoms with Crippen LogP contribution in [0.3, 0.4) is 0 Å². The predicted octanol–water partition coefficient (Wildman–Crippen LogP) is 2.90. The number of halogens is 1. The van der Waals surface area contributed by atoms with Crippen molar-refractivity contribution in [3.05, 3.63) is 28.5 Å². The third-order valence-corrected chi connectivity index (χ3v) is 3.18. The molecule has 76 valence electrons. The van der Waals surface area contributed by atoms with E-state index in [-0.39, 0.29) is 0 Å². The van der Waals surface area contributed by atoms with Crippen LogP contribution in [0.4, 0.5) is 0 Å². The lowest BCUT2D eigenvalue weighted by atomic mass is 10.0. The van der Waals surface area contributed by atoms with E-state index in [1.807, 2.05) is 19.4 Å². The van der Waals surface area contributed by atoms with Crippen LogP contribution in [0.5, 0.6) is 0 Å². The molecule has 0 amide bonds. The maximum atomic E-state index is 4.19. The van der Waals surface area contributed by atoms with Gasteiger partial charge in [-0.3, -0.25) is 4.98 Å². The minimum absolute atomic E-state index is 0.465. The summed E-state index contributed by atoms with van der Waals surface area (Å²) in [5.41, 5.74) is 1.29. The molecule has 0 radical (unpaired) electrons. The maximum Gasteiger partial charge on any atom is 0.0410 e. The van der Waals surface area contributed by atoms with Gasteiger partial charge in [0.05, 0.1) is 0 Å². The standard InChI is InChI=1S/C11H15BrN2/c1-13-11(4-8-2-3-8)9-5-10(12)7-14-6-9/h5-8,11,13H,2-4H2,1H3. The number of rotatable bonds is 4. The molecule has 0 saturated heterocycles. The molecule has 0 spiro atoms. The molecule has 1 N–H and O–H groups in total. The van der Waals surface area contributed by atoms with E-state index in [1.54, 1.807) is 0 Å². The highest BCUT2D eigenvalue weighted by Gasteiger charge is 2.25. The SMILES string of the molecule is CNC(CC1CC1)c1cncc(Br)c1. The van der Waals surface area contributed by atoms with Crippen molar-refractivity contribution < 1.29 is 0 Å². The van der Waals surface area contributed by atoms with Gasteiger partial charge in [0.25, 0.3) is 0 Å². The van der Waals surface area contributed by atoms with E-state index in [4.69, 9.17) is 0 Å². The molecular weight excluding hydrogens is 240 g/mol. The molecule has 1 unspecified atom stereocenters. The Balaban J connectivity index is 2.08. The second-order valence-corrected chi connectivity index (χ2v) is 4.87. The lowest BCUT2D eigenvalue weighted by Gasteiger charge is -2.15. The van der Waals surface area contributed by atoms with Gasteiger partial charge in [-0.05, 0) is 46.9 Å². The number of nitrogens with zero attached hydrogens (tertiary/aromatic N) is 1. The van der Waals surface area contributed by atoms with Crippen molar-refractivity contribution in [2.75, 3.05) is 7.05 Å². The zero-order chi connectivity index (χ0) is 9.97. The lowest BCUT2D eigenvalue weighted by Crippen LogP contribution is -2.17. The lowest BCUT2D eigenvalue weighted by molar-refractivity contribution is 0.513. The van der Waals surface area contributed by atoms with Gasteiger partial charge in [-0.25, -0.2) is 0 Å². The summed E-state index contributed by atoms with van der Waals surface area (Å²) in [6, 6.07) is 2.61. The number of pyridine rings is 1. The molecular formula is C11H15BrN2. The van der Waals surface area contributed by atoms with Crippen LogP contribution in [0, 0.1) is 5.92 Å². The predicted molar refractivity (Wildman–Crippen MR) is 61.1 cm³/mol. The van der Waals surface area contributed by atoms with E-state index in [1.165, 1.54) is 24.8 Å². The summed E-state index contributed by atoms with van der Waals surface area (Å²) < 4.78 is 1.06. The van der Waals surface area contributed by atoms with Crippen LogP contribution in [0.2, 0.25) is 0 Å². The molecule has 1 aromatic rings. The topological polar surface area (TPSA) is 24.9 Å². The molecule has 0 aliphatic heterocycles. The molecule has 14 heavy (non-hydrogen) atoms. The number of aromatic nitrogens is 1. The van der Waals surface area contributed by atoms with Gasteiger partial charge in [0.1, 0.15) is 0 Å². The summed E-state index contributed by atoms with van der Waals surface area (Å²) in [6.07, 6.45) is 7.83. The van der Waals surface area contributed by atoms with Crippen LogP contribution in [-0.2, 0) is 0 Å². The van der Waals surface area contributed by atoms with Crippen molar-refractivity contribution in [1.29, 1.82) is 0 Å². The third kappa shape index (κ3) is 2.55. The van der Waals surface area contributed by atoms with Crippen molar-refractivity contribution >= 4 is 15.9 Å². The Hall–Kier alpha value is -0.410. The molecule has 1 aromatic heterocycles. The van der Waals surface area contributed by atoms with Crippen LogP contribution in [0.15, 0.2) is 22.9 Å². The van der Waals surface area contributed by atoms with E-state index in [0.717, 1.165) is 10.4 Å². The van der Waals surface area contributed by atoms with Crippen LogP contribution in [0.1, 0.15) is 30.9 Å². The van der Waals surface area contributed by atoms with Crippen LogP contribution in [0.25, 0.3) is 0 Å². The van der Waals surface area contributed by atoms with Gasteiger partial charge < -0.3 is 5.32 Å². The Morgan fingerprint density at radius 3 is 2.93 bits per heavy atom. The normalized spacial score (nSPS) is 18.1. The Labute approximate surface area is 93.3 Å². The fourth-order valence-corrected chi connectivity index (χ4v) is 2.11. The average molecular weight is 255 g/mol. The monoisotopic (exact) mass is 254 g/mol. The molecule has 1 atom stereocenters. The van der Waals surface area contributed by atoms with Crippen molar-refractivity contribution in [2.45, 2.75) is 25.3 Å². The zero-order valence-electron chi connectivity index (χ0n) is 8.33. The minimum atomic E-state index is 0.465. The quantitative estimate of drug-likeness (QED) is 0.894. The van der Waals surface area contributed by atoms with Crippen molar-refractivity contribution in [2.24, 2.45) is 5.92 Å². The Bertz CT molecular complexity index is 310. The van der Waals surface area contributed by atoms with Gasteiger partial charge >= 0.3 is 0 Å². The maximum absolute atomic E-state index is 4.19. The Kier molecular flexibility index (Phi) is 3.19. The van der Waals surface area contributed by atoms with Gasteiger partial charge in [0.2, 0.25) is 0 Å². The first-order valence-corrected chi connectivity index (χ1v) is 5.86. The summed E-state index contributed by atoms with van der Waals surface area (Å²) in [6.45, 7) is 0. The van der Waals surface area contributed by atoms with Crippen molar-refractivity contribution in [3.63, 3.8) is 0 Å². The molecule has 1 aliphatic rings. The van der Waals surface area contributed by atoms with Gasteiger partial charge in [-0.15, -0.1) is 0 Å². The van der Waals surface area contributed by atoms with E-state index in [2.05, 4.69) is 32.3 Å². The second-order valence-electron chi connectivity index (χ2n) is 3.96. The van der Waals surface area contributed by atoms with Gasteiger partial charge in [0.15, 0.2) is 0 Å². The molecule has 2 rings (SSSR count). The second kappa shape index (κ2) is 4.41. The van der Waals surface area contributed by atoms with E-state index < -0.39 is 0 Å². The first kappa shape index (κ1) is 10.1. The van der Waals surface area contributed by atoms with Crippen LogP contribution >= 0.6 is 15.9 Å². The molecule has 3 heteroatoms. The van der Waals surface area contributed by atoms with E-state index >= 15 is 0 Å². The summed E-state index contributed by atoms with van der Waals surface area (Å²) in [4.78, 5) is 4.19. The van der Waals surface area contributed by atoms with Gasteiger partial charge in [-0.1, -0.05) is 12.8 Å². The third-order valence-electron chi connectivity index (χ3n) is 2.74. The van der Waals surface area contributed by atoms with Crippen molar-refractivity contribution in [1.82, 2.24) is 10.3 Å². The average Bonchev–Trinajstić information content (AvgIpc) is 2.98. The Morgan fingerprint density at radius 2 is 2.36 bits per heavy atom. The number of hydrogen-bond donors (Lipinski definition) is 1. The fraction of sp³-hybridized carbons (Fsp3) is 0.545. The minimum Gasteiger partial charge on any atom is -0.313 e. The molecule has 1 heterocycles. The highest BCUT2D eigenvalue weighted by molar-refractivity contribution is 9.10. The number of hydrogen-bond acceptors (Lipinski definition) is 2. The first-order valence-electron chi connectivity index (χ1n) is 5.07. The zero-order valence-corrected chi connectivity index (χ0v) is 9.92. The van der Waals surface area contributed by atoms with Gasteiger partial charge in [0, 0.05) is 22.9 Å². The molecule has 0 bridgehead atoms. The molecule has 1 saturated carbocycles.